The minimum absolute atomic E-state index is 0.00867. The molecule has 1 N–H and O–H groups in total. The van der Waals surface area contributed by atoms with Gasteiger partial charge < -0.3 is 15.0 Å². The zero-order valence-electron chi connectivity index (χ0n) is 11.8. The number of nitrogens with zero attached hydrogens (tertiary/aromatic N) is 2. The average molecular weight is 267 g/mol. The maximum Gasteiger partial charge on any atom is 0.242 e. The third kappa shape index (κ3) is 2.78. The van der Waals surface area contributed by atoms with Crippen molar-refractivity contribution in [2.45, 2.75) is 44.4 Å². The van der Waals surface area contributed by atoms with Crippen molar-refractivity contribution in [3.05, 3.63) is 0 Å². The zero-order chi connectivity index (χ0) is 13.2. The second-order valence-corrected chi connectivity index (χ2v) is 5.98. The number of hydrogen-bond acceptors (Lipinski definition) is 4. The maximum absolute atomic E-state index is 12.6. The first-order valence-electron chi connectivity index (χ1n) is 7.63. The van der Waals surface area contributed by atoms with Gasteiger partial charge in [0.1, 0.15) is 6.04 Å². The first-order chi connectivity index (χ1) is 9.25. The molecule has 3 atom stereocenters. The number of piperidine rings is 1. The van der Waals surface area contributed by atoms with Crippen LogP contribution in [-0.4, -0.2) is 73.2 Å². The van der Waals surface area contributed by atoms with E-state index in [4.69, 9.17) is 4.74 Å². The topological polar surface area (TPSA) is 44.8 Å². The largest absolute Gasteiger partial charge is 0.375 e. The second-order valence-electron chi connectivity index (χ2n) is 5.98. The summed E-state index contributed by atoms with van der Waals surface area (Å²) in [6, 6.07) is 0.440. The molecule has 3 saturated heterocycles. The number of rotatable bonds is 1. The summed E-state index contributed by atoms with van der Waals surface area (Å²) in [6.07, 6.45) is 3.86. The highest BCUT2D eigenvalue weighted by Crippen LogP contribution is 2.22. The molecule has 3 fully saturated rings. The highest BCUT2D eigenvalue weighted by molar-refractivity contribution is 5.82. The number of fused-ring (bicyclic) bond motifs is 1. The number of amides is 1. The number of ether oxygens (including phenoxy) is 1. The minimum Gasteiger partial charge on any atom is -0.375 e. The van der Waals surface area contributed by atoms with Gasteiger partial charge in [-0.3, -0.25) is 9.69 Å². The number of piperazine rings is 1. The fourth-order valence-corrected chi connectivity index (χ4v) is 3.56. The van der Waals surface area contributed by atoms with Crippen molar-refractivity contribution in [2.75, 3.05) is 39.3 Å². The Morgan fingerprint density at radius 3 is 3.00 bits per heavy atom. The molecule has 0 bridgehead atoms. The van der Waals surface area contributed by atoms with Crippen molar-refractivity contribution in [2.24, 2.45) is 0 Å². The standard InChI is InChI=1S/C14H25N3O2/c1-11-13(15-5-9-19-11)14(18)17-8-7-16-6-3-2-4-12(16)10-17/h11-13,15H,2-10H2,1H3/t11-,12?,13+/m1/s1. The monoisotopic (exact) mass is 267 g/mol. The molecule has 0 aromatic rings. The summed E-state index contributed by atoms with van der Waals surface area (Å²) in [7, 11) is 0. The van der Waals surface area contributed by atoms with Gasteiger partial charge in [-0.1, -0.05) is 6.42 Å². The second kappa shape index (κ2) is 5.77. The first-order valence-corrected chi connectivity index (χ1v) is 7.63. The van der Waals surface area contributed by atoms with Crippen LogP contribution in [0.4, 0.5) is 0 Å². The Labute approximate surface area is 115 Å². The van der Waals surface area contributed by atoms with E-state index in [0.29, 0.717) is 12.6 Å². The van der Waals surface area contributed by atoms with Gasteiger partial charge in [-0.05, 0) is 26.3 Å². The quantitative estimate of drug-likeness (QED) is 0.730. The molecule has 0 aliphatic carbocycles. The molecule has 0 aromatic carbocycles. The summed E-state index contributed by atoms with van der Waals surface area (Å²) in [6.45, 7) is 7.52. The molecule has 3 heterocycles. The smallest absolute Gasteiger partial charge is 0.242 e. The van der Waals surface area contributed by atoms with Crippen molar-refractivity contribution in [1.82, 2.24) is 15.1 Å². The summed E-state index contributed by atoms with van der Waals surface area (Å²) in [5, 5.41) is 3.31. The van der Waals surface area contributed by atoms with Crippen molar-refractivity contribution in [3.8, 4) is 0 Å². The van der Waals surface area contributed by atoms with Crippen LogP contribution in [0.25, 0.3) is 0 Å². The van der Waals surface area contributed by atoms with Gasteiger partial charge in [-0.15, -0.1) is 0 Å². The van der Waals surface area contributed by atoms with Gasteiger partial charge in [0.05, 0.1) is 12.7 Å². The lowest BCUT2D eigenvalue weighted by molar-refractivity contribution is -0.143. The number of carbonyl (C=O) groups is 1. The summed E-state index contributed by atoms with van der Waals surface area (Å²) in [5.41, 5.74) is 0. The Morgan fingerprint density at radius 1 is 1.26 bits per heavy atom. The molecule has 0 radical (unpaired) electrons. The lowest BCUT2D eigenvalue weighted by Gasteiger charge is -2.45. The zero-order valence-corrected chi connectivity index (χ0v) is 11.8. The van der Waals surface area contributed by atoms with E-state index in [1.165, 1.54) is 25.8 Å². The van der Waals surface area contributed by atoms with Gasteiger partial charge in [-0.2, -0.15) is 0 Å². The Balaban J connectivity index is 1.60. The highest BCUT2D eigenvalue weighted by atomic mass is 16.5. The van der Waals surface area contributed by atoms with E-state index in [2.05, 4.69) is 15.1 Å². The predicted octanol–water partition coefficient (Wildman–Crippen LogP) is 0.0600. The minimum atomic E-state index is -0.149. The van der Waals surface area contributed by atoms with E-state index >= 15 is 0 Å². The highest BCUT2D eigenvalue weighted by Gasteiger charge is 2.36. The number of carbonyl (C=O) groups excluding carboxylic acids is 1. The van der Waals surface area contributed by atoms with E-state index in [-0.39, 0.29) is 18.1 Å². The molecule has 0 saturated carbocycles. The Bertz CT molecular complexity index is 337. The van der Waals surface area contributed by atoms with Gasteiger partial charge in [-0.25, -0.2) is 0 Å². The van der Waals surface area contributed by atoms with Crippen molar-refractivity contribution in [3.63, 3.8) is 0 Å². The fourth-order valence-electron chi connectivity index (χ4n) is 3.56. The van der Waals surface area contributed by atoms with Crippen molar-refractivity contribution >= 4 is 5.91 Å². The molecule has 3 rings (SSSR count). The van der Waals surface area contributed by atoms with Crippen LogP contribution < -0.4 is 5.32 Å². The molecular formula is C14H25N3O2. The maximum atomic E-state index is 12.6. The molecule has 5 nitrogen and oxygen atoms in total. The van der Waals surface area contributed by atoms with Crippen LogP contribution in [0.1, 0.15) is 26.2 Å². The SMILES string of the molecule is C[C@H]1OCCN[C@@H]1C(=O)N1CCN2CCCCC2C1. The summed E-state index contributed by atoms with van der Waals surface area (Å²) >= 11 is 0. The summed E-state index contributed by atoms with van der Waals surface area (Å²) in [4.78, 5) is 17.2. The van der Waals surface area contributed by atoms with Crippen LogP contribution in [0, 0.1) is 0 Å². The molecule has 1 unspecified atom stereocenters. The fraction of sp³-hybridized carbons (Fsp3) is 0.929. The van der Waals surface area contributed by atoms with Gasteiger partial charge in [0.25, 0.3) is 0 Å². The van der Waals surface area contributed by atoms with E-state index in [9.17, 15) is 4.79 Å². The van der Waals surface area contributed by atoms with E-state index in [0.717, 1.165) is 26.2 Å². The number of nitrogens with one attached hydrogen (secondary N) is 1. The lowest BCUT2D eigenvalue weighted by atomic mass is 9.98. The van der Waals surface area contributed by atoms with E-state index < -0.39 is 0 Å². The molecule has 3 aliphatic heterocycles. The van der Waals surface area contributed by atoms with Crippen molar-refractivity contribution < 1.29 is 9.53 Å². The van der Waals surface area contributed by atoms with E-state index in [1.807, 2.05) is 6.92 Å². The third-order valence-electron chi connectivity index (χ3n) is 4.73. The summed E-state index contributed by atoms with van der Waals surface area (Å²) < 4.78 is 5.59. The molecular weight excluding hydrogens is 242 g/mol. The Morgan fingerprint density at radius 2 is 2.16 bits per heavy atom. The lowest BCUT2D eigenvalue weighted by Crippen LogP contribution is -2.62. The van der Waals surface area contributed by atoms with Crippen LogP contribution in [0.5, 0.6) is 0 Å². The molecule has 108 valence electrons. The Hall–Kier alpha value is -0.650. The van der Waals surface area contributed by atoms with Gasteiger partial charge in [0, 0.05) is 32.2 Å². The predicted molar refractivity (Wildman–Crippen MR) is 73.0 cm³/mol. The molecule has 1 amide bonds. The molecule has 19 heavy (non-hydrogen) atoms. The summed E-state index contributed by atoms with van der Waals surface area (Å²) in [5.74, 6) is 0.234. The van der Waals surface area contributed by atoms with Crippen LogP contribution >= 0.6 is 0 Å². The van der Waals surface area contributed by atoms with Gasteiger partial charge in [0.2, 0.25) is 5.91 Å². The average Bonchev–Trinajstić information content (AvgIpc) is 2.46. The number of hydrogen-bond donors (Lipinski definition) is 1. The van der Waals surface area contributed by atoms with Crippen molar-refractivity contribution in [1.29, 1.82) is 0 Å². The molecule has 3 aliphatic rings. The van der Waals surface area contributed by atoms with Crippen LogP contribution in [-0.2, 0) is 9.53 Å². The van der Waals surface area contributed by atoms with E-state index in [1.54, 1.807) is 0 Å². The normalized spacial score (nSPS) is 36.9. The van der Waals surface area contributed by atoms with Gasteiger partial charge in [0.15, 0.2) is 0 Å². The molecule has 5 heteroatoms. The molecule has 0 spiro atoms. The number of morpholine rings is 1. The van der Waals surface area contributed by atoms with Crippen LogP contribution in [0.2, 0.25) is 0 Å². The van der Waals surface area contributed by atoms with Crippen LogP contribution in [0.3, 0.4) is 0 Å². The van der Waals surface area contributed by atoms with Gasteiger partial charge >= 0.3 is 0 Å². The first kappa shape index (κ1) is 13.3. The molecule has 0 aromatic heterocycles. The van der Waals surface area contributed by atoms with Crippen LogP contribution in [0.15, 0.2) is 0 Å². The Kier molecular flexibility index (Phi) is 4.05. The third-order valence-corrected chi connectivity index (χ3v) is 4.73.